The first kappa shape index (κ1) is 39.3. The Hall–Kier alpha value is -1.74. The molecule has 0 spiro atoms. The molecule has 3 atom stereocenters. The Kier molecular flexibility index (Phi) is 26.0. The van der Waals surface area contributed by atoms with Crippen molar-refractivity contribution in [1.82, 2.24) is 5.32 Å². The van der Waals surface area contributed by atoms with Crippen LogP contribution in [0.15, 0.2) is 48.6 Å². The number of allylic oxidation sites excluding steroid dienone is 7. The molecule has 8 heteroatoms. The minimum Gasteiger partial charge on any atom is -0.387 e. The van der Waals surface area contributed by atoms with Gasteiger partial charge in [0.2, 0.25) is 5.91 Å². The standard InChI is InChI=1S/C33H59NO6S/c1-3-5-7-9-11-13-15-16-18-19-21-23-25-27-31(35)30(29-41(38,39)40)34-33(37)32(36)28-26-24-22-20-17-14-12-10-8-6-4-2/h11-14,18-19,25,27,30-32,35-36H,3-10,15-17,20-24,26,28-29H2,1-2H3,(H,34,37)(H,38,39,40)/b13-11+,14-12-,19-18+,27-25+. The number of carbonyl (C=O) groups excluding carboxylic acids is 1. The molecule has 0 saturated carbocycles. The lowest BCUT2D eigenvalue weighted by Gasteiger charge is -2.22. The molecule has 0 aliphatic rings. The summed E-state index contributed by atoms with van der Waals surface area (Å²) in [5.74, 6) is -1.59. The van der Waals surface area contributed by atoms with Gasteiger partial charge in [-0.1, -0.05) is 107 Å². The third-order valence-corrected chi connectivity index (χ3v) is 7.59. The minimum absolute atomic E-state index is 0.254. The van der Waals surface area contributed by atoms with Crippen LogP contribution in [0.4, 0.5) is 0 Å². The van der Waals surface area contributed by atoms with Gasteiger partial charge in [-0.05, 0) is 70.6 Å². The highest BCUT2D eigenvalue weighted by atomic mass is 32.2. The first-order valence-corrected chi connectivity index (χ1v) is 17.6. The summed E-state index contributed by atoms with van der Waals surface area (Å²) in [6, 6.07) is -1.26. The molecule has 238 valence electrons. The molecular weight excluding hydrogens is 538 g/mol. The SMILES string of the molecule is CCCCC/C=C\CCCCCCC(O)C(=O)NC(CS(=O)(=O)O)C(O)/C=C/CC/C=C/CC/C=C/CCCCC. The van der Waals surface area contributed by atoms with Crippen molar-refractivity contribution in [1.29, 1.82) is 0 Å². The number of rotatable bonds is 27. The zero-order valence-electron chi connectivity index (χ0n) is 25.8. The Morgan fingerprint density at radius 3 is 1.59 bits per heavy atom. The molecule has 0 aliphatic carbocycles. The highest BCUT2D eigenvalue weighted by Crippen LogP contribution is 2.10. The first-order valence-electron chi connectivity index (χ1n) is 15.9. The van der Waals surface area contributed by atoms with Gasteiger partial charge in [0.1, 0.15) is 6.10 Å². The molecule has 0 radical (unpaired) electrons. The maximum Gasteiger partial charge on any atom is 0.267 e. The van der Waals surface area contributed by atoms with Crippen LogP contribution in [-0.2, 0) is 14.9 Å². The van der Waals surface area contributed by atoms with Crippen molar-refractivity contribution in [3.05, 3.63) is 48.6 Å². The van der Waals surface area contributed by atoms with Crippen molar-refractivity contribution >= 4 is 16.0 Å². The molecular formula is C33H59NO6S. The van der Waals surface area contributed by atoms with E-state index >= 15 is 0 Å². The topological polar surface area (TPSA) is 124 Å². The van der Waals surface area contributed by atoms with E-state index in [1.807, 2.05) is 0 Å². The van der Waals surface area contributed by atoms with E-state index in [4.69, 9.17) is 0 Å². The predicted octanol–water partition coefficient (Wildman–Crippen LogP) is 7.37. The number of hydrogen-bond acceptors (Lipinski definition) is 5. The van der Waals surface area contributed by atoms with Gasteiger partial charge >= 0.3 is 0 Å². The molecule has 0 aromatic heterocycles. The highest BCUT2D eigenvalue weighted by molar-refractivity contribution is 7.85. The number of aliphatic hydroxyl groups excluding tert-OH is 2. The molecule has 0 aromatic rings. The Bertz CT molecular complexity index is 850. The molecule has 7 nitrogen and oxygen atoms in total. The van der Waals surface area contributed by atoms with Crippen LogP contribution in [0.3, 0.4) is 0 Å². The second-order valence-corrected chi connectivity index (χ2v) is 12.3. The van der Waals surface area contributed by atoms with E-state index < -0.39 is 40.0 Å². The van der Waals surface area contributed by atoms with Crippen LogP contribution in [0.25, 0.3) is 0 Å². The fourth-order valence-electron chi connectivity index (χ4n) is 4.30. The molecule has 0 fully saturated rings. The number of unbranched alkanes of at least 4 members (excludes halogenated alkanes) is 12. The van der Waals surface area contributed by atoms with Crippen LogP contribution >= 0.6 is 0 Å². The summed E-state index contributed by atoms with van der Waals surface area (Å²) in [6.07, 6.45) is 31.7. The second-order valence-electron chi connectivity index (χ2n) is 10.9. The number of hydrogen-bond donors (Lipinski definition) is 4. The Labute approximate surface area is 251 Å². The van der Waals surface area contributed by atoms with E-state index in [0.29, 0.717) is 12.8 Å². The zero-order valence-corrected chi connectivity index (χ0v) is 26.6. The highest BCUT2D eigenvalue weighted by Gasteiger charge is 2.27. The summed E-state index contributed by atoms with van der Waals surface area (Å²) >= 11 is 0. The first-order chi connectivity index (χ1) is 19.7. The zero-order chi connectivity index (χ0) is 30.6. The van der Waals surface area contributed by atoms with Gasteiger partial charge < -0.3 is 15.5 Å². The largest absolute Gasteiger partial charge is 0.387 e. The quantitative estimate of drug-likeness (QED) is 0.0445. The van der Waals surface area contributed by atoms with Crippen LogP contribution in [0.5, 0.6) is 0 Å². The predicted molar refractivity (Wildman–Crippen MR) is 171 cm³/mol. The molecule has 0 aromatic carbocycles. The van der Waals surface area contributed by atoms with Gasteiger partial charge in [0.15, 0.2) is 0 Å². The molecule has 0 heterocycles. The lowest BCUT2D eigenvalue weighted by molar-refractivity contribution is -0.130. The third-order valence-electron chi connectivity index (χ3n) is 6.81. The average Bonchev–Trinajstić information content (AvgIpc) is 2.92. The third kappa shape index (κ3) is 26.9. The minimum atomic E-state index is -4.45. The maximum absolute atomic E-state index is 12.4. The molecule has 41 heavy (non-hydrogen) atoms. The van der Waals surface area contributed by atoms with Gasteiger partial charge in [0.05, 0.1) is 17.9 Å². The number of aliphatic hydroxyl groups is 2. The van der Waals surface area contributed by atoms with Crippen LogP contribution in [-0.4, -0.2) is 53.1 Å². The van der Waals surface area contributed by atoms with Crippen molar-refractivity contribution in [2.75, 3.05) is 5.75 Å². The molecule has 0 saturated heterocycles. The molecule has 0 rings (SSSR count). The van der Waals surface area contributed by atoms with E-state index in [1.54, 1.807) is 6.08 Å². The fraction of sp³-hybridized carbons (Fsp3) is 0.727. The van der Waals surface area contributed by atoms with Crippen molar-refractivity contribution in [2.45, 2.75) is 148 Å². The van der Waals surface area contributed by atoms with Gasteiger partial charge in [-0.2, -0.15) is 8.42 Å². The van der Waals surface area contributed by atoms with Crippen LogP contribution in [0.1, 0.15) is 129 Å². The molecule has 4 N–H and O–H groups in total. The van der Waals surface area contributed by atoms with Gasteiger partial charge in [-0.25, -0.2) is 0 Å². The second kappa shape index (κ2) is 27.1. The smallest absolute Gasteiger partial charge is 0.267 e. The molecule has 1 amide bonds. The Morgan fingerprint density at radius 2 is 1.10 bits per heavy atom. The number of carbonyl (C=O) groups is 1. The Balaban J connectivity index is 4.35. The summed E-state index contributed by atoms with van der Waals surface area (Å²) in [5, 5.41) is 23.1. The summed E-state index contributed by atoms with van der Waals surface area (Å²) < 4.78 is 32.2. The van der Waals surface area contributed by atoms with E-state index in [-0.39, 0.29) is 6.42 Å². The lowest BCUT2D eigenvalue weighted by Crippen LogP contribution is -2.50. The van der Waals surface area contributed by atoms with Gasteiger partial charge in [-0.15, -0.1) is 0 Å². The van der Waals surface area contributed by atoms with E-state index in [0.717, 1.165) is 57.8 Å². The van der Waals surface area contributed by atoms with Crippen molar-refractivity contribution in [3.8, 4) is 0 Å². The monoisotopic (exact) mass is 597 g/mol. The normalized spacial score (nSPS) is 15.0. The van der Waals surface area contributed by atoms with Crippen LogP contribution in [0, 0.1) is 0 Å². The summed E-state index contributed by atoms with van der Waals surface area (Å²) in [6.45, 7) is 4.40. The van der Waals surface area contributed by atoms with Crippen molar-refractivity contribution in [3.63, 3.8) is 0 Å². The summed E-state index contributed by atoms with van der Waals surface area (Å²) in [4.78, 5) is 12.4. The van der Waals surface area contributed by atoms with Crippen LogP contribution < -0.4 is 5.32 Å². The van der Waals surface area contributed by atoms with Crippen molar-refractivity contribution < 1.29 is 28.0 Å². The number of nitrogens with one attached hydrogen (secondary N) is 1. The molecule has 0 aliphatic heterocycles. The fourth-order valence-corrected chi connectivity index (χ4v) is 5.04. The molecule has 0 bridgehead atoms. The average molecular weight is 598 g/mol. The van der Waals surface area contributed by atoms with Crippen molar-refractivity contribution in [2.24, 2.45) is 0 Å². The van der Waals surface area contributed by atoms with Gasteiger partial charge in [-0.3, -0.25) is 9.35 Å². The van der Waals surface area contributed by atoms with E-state index in [9.17, 15) is 28.0 Å². The molecule has 3 unspecified atom stereocenters. The van der Waals surface area contributed by atoms with E-state index in [2.05, 4.69) is 55.6 Å². The maximum atomic E-state index is 12.4. The van der Waals surface area contributed by atoms with Crippen LogP contribution in [0.2, 0.25) is 0 Å². The Morgan fingerprint density at radius 1 is 0.659 bits per heavy atom. The lowest BCUT2D eigenvalue weighted by atomic mass is 10.1. The summed E-state index contributed by atoms with van der Waals surface area (Å²) in [5.41, 5.74) is 0. The number of amides is 1. The van der Waals surface area contributed by atoms with Gasteiger partial charge in [0.25, 0.3) is 10.1 Å². The summed E-state index contributed by atoms with van der Waals surface area (Å²) in [7, 11) is -4.45. The van der Waals surface area contributed by atoms with Gasteiger partial charge in [0, 0.05) is 0 Å². The van der Waals surface area contributed by atoms with E-state index in [1.165, 1.54) is 44.6 Å².